The second-order valence-corrected chi connectivity index (χ2v) is 7.30. The van der Waals surface area contributed by atoms with Crippen molar-refractivity contribution in [1.29, 1.82) is 5.41 Å². The normalized spacial score (nSPS) is 17.5. The largest absolute Gasteiger partial charge is 0.488 e. The number of alkyl halides is 3. The molecule has 2 aromatic rings. The molecule has 2 aliphatic rings. The number of aliphatic imine (C=N–C) groups is 1. The first-order valence-electron chi connectivity index (χ1n) is 8.76. The van der Waals surface area contributed by atoms with Crippen LogP contribution in [0, 0.1) is 11.2 Å². The van der Waals surface area contributed by atoms with Gasteiger partial charge in [-0.3, -0.25) is 10.2 Å². The van der Waals surface area contributed by atoms with E-state index in [1.807, 2.05) is 0 Å². The number of amides is 1. The fourth-order valence-corrected chi connectivity index (χ4v) is 3.52. The molecule has 2 aliphatic heterocycles. The highest BCUT2D eigenvalue weighted by Crippen LogP contribution is 2.35. The number of nitrogens with one attached hydrogen (secondary N) is 1. The zero-order valence-corrected chi connectivity index (χ0v) is 16.3. The summed E-state index contributed by atoms with van der Waals surface area (Å²) < 4.78 is 58.3. The van der Waals surface area contributed by atoms with Crippen molar-refractivity contribution in [3.05, 3.63) is 71.0 Å². The van der Waals surface area contributed by atoms with Crippen LogP contribution in [0.4, 0.5) is 17.6 Å². The summed E-state index contributed by atoms with van der Waals surface area (Å²) in [5.41, 5.74) is 0.444. The van der Waals surface area contributed by atoms with Crippen molar-refractivity contribution >= 4 is 39.8 Å². The third-order valence-electron chi connectivity index (χ3n) is 4.26. The van der Waals surface area contributed by atoms with E-state index in [9.17, 15) is 22.4 Å². The zero-order valence-electron chi connectivity index (χ0n) is 15.5. The Morgan fingerprint density at radius 2 is 1.84 bits per heavy atom. The van der Waals surface area contributed by atoms with Crippen LogP contribution in [0.25, 0.3) is 6.08 Å². The number of nitrogens with zero attached hydrogens (tertiary/aromatic N) is 3. The lowest BCUT2D eigenvalue weighted by Crippen LogP contribution is -2.35. The number of rotatable bonds is 4. The second kappa shape index (κ2) is 7.99. The first-order valence-corrected chi connectivity index (χ1v) is 9.58. The second-order valence-electron chi connectivity index (χ2n) is 6.34. The lowest BCUT2D eigenvalue weighted by atomic mass is 10.1. The monoisotopic (exact) mass is 448 g/mol. The molecule has 1 N–H and O–H groups in total. The van der Waals surface area contributed by atoms with Crippen molar-refractivity contribution in [3.8, 4) is 5.75 Å². The Hall–Kier alpha value is -3.47. The molecule has 0 radical (unpaired) electrons. The molecule has 31 heavy (non-hydrogen) atoms. The fraction of sp³-hybridized carbons (Fsp3) is 0.100. The summed E-state index contributed by atoms with van der Waals surface area (Å²) in [7, 11) is 0. The average Bonchev–Trinajstić information content (AvgIpc) is 3.16. The SMILES string of the molecule is N=C1/C(=C/c2ccccc2OCc2ccccc2F)C(=O)N=C2SC(C(F)(F)F)=NN12. The van der Waals surface area contributed by atoms with E-state index in [2.05, 4.69) is 10.1 Å². The smallest absolute Gasteiger partial charge is 0.441 e. The summed E-state index contributed by atoms with van der Waals surface area (Å²) in [4.78, 5) is 16.0. The van der Waals surface area contributed by atoms with Gasteiger partial charge in [0.25, 0.3) is 5.91 Å². The van der Waals surface area contributed by atoms with E-state index in [-0.39, 0.29) is 29.1 Å². The zero-order chi connectivity index (χ0) is 22.2. The molecule has 1 amide bonds. The minimum absolute atomic E-state index is 0.0808. The van der Waals surface area contributed by atoms with Gasteiger partial charge in [0.2, 0.25) is 10.2 Å². The van der Waals surface area contributed by atoms with Gasteiger partial charge in [-0.05, 0) is 30.0 Å². The molecule has 0 fully saturated rings. The summed E-state index contributed by atoms with van der Waals surface area (Å²) in [6.07, 6.45) is -3.43. The van der Waals surface area contributed by atoms with E-state index in [1.54, 1.807) is 42.5 Å². The number of hydrogen-bond donors (Lipinski definition) is 1. The maximum Gasteiger partial charge on any atom is 0.441 e. The van der Waals surface area contributed by atoms with E-state index in [1.165, 1.54) is 12.1 Å². The van der Waals surface area contributed by atoms with Gasteiger partial charge in [0, 0.05) is 11.1 Å². The molecule has 2 aromatic carbocycles. The lowest BCUT2D eigenvalue weighted by molar-refractivity contribution is -0.114. The number of halogens is 4. The minimum atomic E-state index is -4.72. The number of para-hydroxylation sites is 1. The molecule has 0 unspecified atom stereocenters. The standard InChI is InChI=1S/C20H12F4N4O2S/c21-14-7-3-1-6-12(14)10-30-15-8-4-2-5-11(15)9-13-16(25)28-19(26-17(13)29)31-18(27-28)20(22,23)24/h1-9,25H,10H2/b13-9-,25-16?. The molecule has 4 rings (SSSR count). The lowest BCUT2D eigenvalue weighted by Gasteiger charge is -2.20. The molecule has 158 valence electrons. The van der Waals surface area contributed by atoms with E-state index in [0.717, 1.165) is 0 Å². The highest BCUT2D eigenvalue weighted by molar-refractivity contribution is 8.27. The summed E-state index contributed by atoms with van der Waals surface area (Å²) in [6, 6.07) is 12.6. The van der Waals surface area contributed by atoms with Crippen LogP contribution in [-0.2, 0) is 11.4 Å². The van der Waals surface area contributed by atoms with Gasteiger partial charge < -0.3 is 4.74 Å². The molecule has 6 nitrogen and oxygen atoms in total. The van der Waals surface area contributed by atoms with Crippen LogP contribution in [0.5, 0.6) is 5.75 Å². The van der Waals surface area contributed by atoms with Crippen molar-refractivity contribution in [3.63, 3.8) is 0 Å². The van der Waals surface area contributed by atoms with Gasteiger partial charge in [-0.15, -0.1) is 0 Å². The third-order valence-corrected chi connectivity index (χ3v) is 5.21. The number of fused-ring (bicyclic) bond motifs is 1. The van der Waals surface area contributed by atoms with Gasteiger partial charge in [0.15, 0.2) is 5.84 Å². The van der Waals surface area contributed by atoms with Crippen molar-refractivity contribution < 1.29 is 27.1 Å². The molecule has 0 saturated heterocycles. The van der Waals surface area contributed by atoms with Crippen LogP contribution in [0.1, 0.15) is 11.1 Å². The third kappa shape index (κ3) is 4.22. The molecular formula is C20H12F4N4O2S. The summed E-state index contributed by atoms with van der Waals surface area (Å²) in [5.74, 6) is -1.55. The Morgan fingerprint density at radius 3 is 2.58 bits per heavy atom. The number of thioether (sulfide) groups is 1. The summed E-state index contributed by atoms with van der Waals surface area (Å²) >= 11 is 0.179. The predicted molar refractivity (Wildman–Crippen MR) is 108 cm³/mol. The molecule has 0 aromatic heterocycles. The van der Waals surface area contributed by atoms with Crippen LogP contribution in [0.15, 0.2) is 64.2 Å². The molecule has 0 spiro atoms. The quantitative estimate of drug-likeness (QED) is 0.549. The molecule has 2 heterocycles. The van der Waals surface area contributed by atoms with Gasteiger partial charge >= 0.3 is 6.18 Å². The Balaban J connectivity index is 1.62. The number of carbonyl (C=O) groups is 1. The number of amidine groups is 2. The number of hydrogen-bond acceptors (Lipinski definition) is 5. The number of ether oxygens (including phenoxy) is 1. The first kappa shape index (κ1) is 20.8. The minimum Gasteiger partial charge on any atom is -0.488 e. The predicted octanol–water partition coefficient (Wildman–Crippen LogP) is 4.59. The van der Waals surface area contributed by atoms with Crippen LogP contribution in [0.3, 0.4) is 0 Å². The van der Waals surface area contributed by atoms with Crippen LogP contribution >= 0.6 is 11.8 Å². The van der Waals surface area contributed by atoms with E-state index in [0.29, 0.717) is 21.9 Å². The fourth-order valence-electron chi connectivity index (χ4n) is 2.76. The maximum atomic E-state index is 13.8. The van der Waals surface area contributed by atoms with Crippen molar-refractivity contribution in [2.45, 2.75) is 12.8 Å². The molecule has 0 saturated carbocycles. The molecule has 0 bridgehead atoms. The molecule has 0 aliphatic carbocycles. The van der Waals surface area contributed by atoms with Gasteiger partial charge in [-0.25, -0.2) is 4.39 Å². The number of hydrazone groups is 1. The Labute approximate surface area is 177 Å². The van der Waals surface area contributed by atoms with Crippen molar-refractivity contribution in [2.24, 2.45) is 10.1 Å². The van der Waals surface area contributed by atoms with Crippen molar-refractivity contribution in [1.82, 2.24) is 5.01 Å². The molecule has 0 atom stereocenters. The van der Waals surface area contributed by atoms with Gasteiger partial charge in [0.1, 0.15) is 18.2 Å². The van der Waals surface area contributed by atoms with Crippen LogP contribution in [-0.4, -0.2) is 33.1 Å². The number of carbonyl (C=O) groups excluding carboxylic acids is 1. The summed E-state index contributed by atoms with van der Waals surface area (Å²) in [5, 5.41) is 10.7. The Morgan fingerprint density at radius 1 is 1.13 bits per heavy atom. The Kier molecular flexibility index (Phi) is 5.36. The first-order chi connectivity index (χ1) is 14.7. The number of benzene rings is 2. The highest BCUT2D eigenvalue weighted by atomic mass is 32.2. The Bertz CT molecular complexity index is 1170. The van der Waals surface area contributed by atoms with E-state index in [4.69, 9.17) is 10.1 Å². The van der Waals surface area contributed by atoms with Crippen LogP contribution < -0.4 is 4.74 Å². The van der Waals surface area contributed by atoms with Gasteiger partial charge in [-0.2, -0.15) is 28.3 Å². The van der Waals surface area contributed by atoms with E-state index < -0.39 is 28.8 Å². The maximum absolute atomic E-state index is 13.8. The molecule has 11 heteroatoms. The van der Waals surface area contributed by atoms with Gasteiger partial charge in [-0.1, -0.05) is 36.4 Å². The van der Waals surface area contributed by atoms with Crippen LogP contribution in [0.2, 0.25) is 0 Å². The van der Waals surface area contributed by atoms with Crippen molar-refractivity contribution in [2.75, 3.05) is 0 Å². The van der Waals surface area contributed by atoms with Gasteiger partial charge in [0.05, 0.1) is 5.57 Å². The highest BCUT2D eigenvalue weighted by Gasteiger charge is 2.46. The van der Waals surface area contributed by atoms with E-state index >= 15 is 0 Å². The topological polar surface area (TPSA) is 78.1 Å². The molecular weight excluding hydrogens is 436 g/mol. The summed E-state index contributed by atoms with van der Waals surface area (Å²) in [6.45, 7) is -0.0808. The average molecular weight is 448 g/mol.